The van der Waals surface area contributed by atoms with Gasteiger partial charge >= 0.3 is 0 Å². The Labute approximate surface area is 189 Å². The van der Waals surface area contributed by atoms with Gasteiger partial charge in [-0.25, -0.2) is 9.97 Å². The molecule has 1 aromatic heterocycles. The van der Waals surface area contributed by atoms with Gasteiger partial charge in [-0.1, -0.05) is 12.1 Å². The number of aromatic nitrogens is 2. The number of benzene rings is 2. The highest BCUT2D eigenvalue weighted by atomic mass is 16.2. The molecule has 1 fully saturated rings. The lowest BCUT2D eigenvalue weighted by Gasteiger charge is -2.17. The zero-order valence-corrected chi connectivity index (χ0v) is 17.6. The number of nitrogens with one attached hydrogen (secondary N) is 2. The van der Waals surface area contributed by atoms with Crippen LogP contribution in [-0.2, 0) is 9.59 Å². The van der Waals surface area contributed by atoms with E-state index in [9.17, 15) is 14.4 Å². The maximum Gasteiger partial charge on any atom is 0.253 e. The Morgan fingerprint density at radius 1 is 1.18 bits per heavy atom. The molecule has 0 bridgehead atoms. The maximum absolute atomic E-state index is 12.9. The van der Waals surface area contributed by atoms with E-state index in [2.05, 4.69) is 21.4 Å². The Morgan fingerprint density at radius 3 is 2.76 bits per heavy atom. The van der Waals surface area contributed by atoms with Crippen LogP contribution in [0.15, 0.2) is 54.7 Å². The molecule has 0 saturated carbocycles. The largest absolute Gasteiger partial charge is 0.350 e. The number of carbonyl (C=O) groups is 3. The Hall–Kier alpha value is -4.58. The molecular formula is C24H20N6O3. The molecule has 33 heavy (non-hydrogen) atoms. The molecule has 0 spiro atoms. The fraction of sp³-hybridized carbons (Fsp3) is 0.167. The van der Waals surface area contributed by atoms with Gasteiger partial charge in [0.25, 0.3) is 5.91 Å². The van der Waals surface area contributed by atoms with E-state index in [0.29, 0.717) is 42.1 Å². The zero-order chi connectivity index (χ0) is 23.2. The molecule has 1 aliphatic heterocycles. The van der Waals surface area contributed by atoms with Crippen molar-refractivity contribution in [3.05, 3.63) is 71.4 Å². The first-order valence-corrected chi connectivity index (χ1v) is 10.3. The van der Waals surface area contributed by atoms with E-state index in [0.717, 1.165) is 17.4 Å². The lowest BCUT2D eigenvalue weighted by atomic mass is 10.1. The van der Waals surface area contributed by atoms with Crippen LogP contribution < -0.4 is 10.6 Å². The SMILES string of the molecule is N#Cc1ccc2cnc(N[C@@H]3CCN(C(=O)c4ccc(C=CC(=O)NC=O)cc4)C3)nc2c1. The summed E-state index contributed by atoms with van der Waals surface area (Å²) >= 11 is 0. The van der Waals surface area contributed by atoms with Gasteiger partial charge in [0.1, 0.15) is 0 Å². The summed E-state index contributed by atoms with van der Waals surface area (Å²) in [6.07, 6.45) is 5.60. The summed E-state index contributed by atoms with van der Waals surface area (Å²) in [5.41, 5.74) is 2.52. The van der Waals surface area contributed by atoms with Crippen molar-refractivity contribution in [3.63, 3.8) is 0 Å². The molecule has 4 rings (SSSR count). The van der Waals surface area contributed by atoms with Gasteiger partial charge < -0.3 is 10.2 Å². The molecule has 1 atom stereocenters. The number of carbonyl (C=O) groups excluding carboxylic acids is 3. The summed E-state index contributed by atoms with van der Waals surface area (Å²) in [6, 6.07) is 14.3. The van der Waals surface area contributed by atoms with Gasteiger partial charge in [-0.05, 0) is 48.4 Å². The van der Waals surface area contributed by atoms with Crippen molar-refractivity contribution in [2.75, 3.05) is 18.4 Å². The van der Waals surface area contributed by atoms with E-state index in [4.69, 9.17) is 5.26 Å². The van der Waals surface area contributed by atoms with Crippen LogP contribution in [-0.4, -0.2) is 52.2 Å². The van der Waals surface area contributed by atoms with Gasteiger partial charge in [0.05, 0.1) is 17.1 Å². The minimum absolute atomic E-state index is 0.0177. The van der Waals surface area contributed by atoms with Crippen LogP contribution in [0.2, 0.25) is 0 Å². The van der Waals surface area contributed by atoms with Crippen molar-refractivity contribution in [2.24, 2.45) is 0 Å². The highest BCUT2D eigenvalue weighted by Gasteiger charge is 2.27. The molecule has 0 aliphatic carbocycles. The third-order valence-corrected chi connectivity index (χ3v) is 5.31. The van der Waals surface area contributed by atoms with Crippen LogP contribution >= 0.6 is 0 Å². The molecule has 1 saturated heterocycles. The summed E-state index contributed by atoms with van der Waals surface area (Å²) in [5.74, 6) is -0.125. The number of hydrogen-bond donors (Lipinski definition) is 2. The van der Waals surface area contributed by atoms with E-state index in [1.807, 2.05) is 11.4 Å². The predicted molar refractivity (Wildman–Crippen MR) is 122 cm³/mol. The molecule has 1 aliphatic rings. The van der Waals surface area contributed by atoms with E-state index >= 15 is 0 Å². The van der Waals surface area contributed by atoms with E-state index in [1.54, 1.807) is 53.6 Å². The molecule has 2 N–H and O–H groups in total. The van der Waals surface area contributed by atoms with Crippen molar-refractivity contribution in [1.82, 2.24) is 20.2 Å². The first-order chi connectivity index (χ1) is 16.1. The average molecular weight is 440 g/mol. The fourth-order valence-corrected chi connectivity index (χ4v) is 3.61. The molecule has 9 nitrogen and oxygen atoms in total. The monoisotopic (exact) mass is 440 g/mol. The van der Waals surface area contributed by atoms with Gasteiger partial charge in [0, 0.05) is 42.4 Å². The van der Waals surface area contributed by atoms with Gasteiger partial charge in [-0.2, -0.15) is 5.26 Å². The highest BCUT2D eigenvalue weighted by Crippen LogP contribution is 2.19. The maximum atomic E-state index is 12.9. The Balaban J connectivity index is 1.37. The van der Waals surface area contributed by atoms with Gasteiger partial charge in [0.15, 0.2) is 0 Å². The highest BCUT2D eigenvalue weighted by molar-refractivity contribution is 5.98. The minimum atomic E-state index is -0.512. The summed E-state index contributed by atoms with van der Waals surface area (Å²) < 4.78 is 0. The Bertz CT molecular complexity index is 1280. The number of rotatable bonds is 6. The van der Waals surface area contributed by atoms with Gasteiger partial charge in [-0.15, -0.1) is 0 Å². The van der Waals surface area contributed by atoms with Gasteiger partial charge in [0.2, 0.25) is 18.3 Å². The van der Waals surface area contributed by atoms with Crippen molar-refractivity contribution in [1.29, 1.82) is 5.26 Å². The first-order valence-electron chi connectivity index (χ1n) is 10.3. The number of amides is 3. The van der Waals surface area contributed by atoms with E-state index in [-0.39, 0.29) is 11.9 Å². The molecule has 3 aromatic rings. The number of hydrogen-bond acceptors (Lipinski definition) is 7. The molecule has 164 valence electrons. The third-order valence-electron chi connectivity index (χ3n) is 5.31. The third kappa shape index (κ3) is 5.19. The first kappa shape index (κ1) is 21.6. The van der Waals surface area contributed by atoms with Crippen LogP contribution in [0, 0.1) is 11.3 Å². The number of likely N-dealkylation sites (tertiary alicyclic amines) is 1. The lowest BCUT2D eigenvalue weighted by Crippen LogP contribution is -2.31. The number of nitrogens with zero attached hydrogens (tertiary/aromatic N) is 4. The molecule has 0 radical (unpaired) electrons. The van der Waals surface area contributed by atoms with Crippen LogP contribution in [0.5, 0.6) is 0 Å². The fourth-order valence-electron chi connectivity index (χ4n) is 3.61. The number of fused-ring (bicyclic) bond motifs is 1. The lowest BCUT2D eigenvalue weighted by molar-refractivity contribution is -0.121. The average Bonchev–Trinajstić information content (AvgIpc) is 3.30. The summed E-state index contributed by atoms with van der Waals surface area (Å²) in [7, 11) is 0. The standard InChI is InChI=1S/C24H20N6O3/c25-12-17-3-7-19-13-26-24(29-21(19)11-17)28-20-9-10-30(14-20)23(33)18-5-1-16(2-6-18)4-8-22(32)27-15-31/h1-8,11,13,15,20H,9-10,14H2,(H,26,28,29)(H,27,31,32)/t20-/m1/s1. The summed E-state index contributed by atoms with van der Waals surface area (Å²) in [4.78, 5) is 45.0. The second kappa shape index (κ2) is 9.70. The molecular weight excluding hydrogens is 420 g/mol. The minimum Gasteiger partial charge on any atom is -0.350 e. The van der Waals surface area contributed by atoms with Crippen LogP contribution in [0.3, 0.4) is 0 Å². The summed E-state index contributed by atoms with van der Waals surface area (Å²) in [6.45, 7) is 1.13. The number of imide groups is 1. The van der Waals surface area contributed by atoms with E-state index < -0.39 is 5.91 Å². The normalized spacial score (nSPS) is 15.4. The Kier molecular flexibility index (Phi) is 6.36. The Morgan fingerprint density at radius 2 is 2.00 bits per heavy atom. The van der Waals surface area contributed by atoms with Crippen LogP contribution in [0.4, 0.5) is 5.95 Å². The number of nitriles is 1. The van der Waals surface area contributed by atoms with Crippen LogP contribution in [0.1, 0.15) is 27.9 Å². The number of anilines is 1. The van der Waals surface area contributed by atoms with Crippen molar-refractivity contribution in [3.8, 4) is 6.07 Å². The second-order valence-electron chi connectivity index (χ2n) is 7.54. The molecule has 2 aromatic carbocycles. The smallest absolute Gasteiger partial charge is 0.253 e. The molecule has 2 heterocycles. The van der Waals surface area contributed by atoms with Crippen molar-refractivity contribution in [2.45, 2.75) is 12.5 Å². The molecule has 0 unspecified atom stereocenters. The molecule has 9 heteroatoms. The zero-order valence-electron chi connectivity index (χ0n) is 17.6. The molecule has 3 amide bonds. The topological polar surface area (TPSA) is 128 Å². The van der Waals surface area contributed by atoms with Crippen LogP contribution in [0.25, 0.3) is 17.0 Å². The van der Waals surface area contributed by atoms with Gasteiger partial charge in [-0.3, -0.25) is 19.7 Å². The van der Waals surface area contributed by atoms with Crippen molar-refractivity contribution >= 4 is 41.2 Å². The quantitative estimate of drug-likeness (QED) is 0.444. The summed E-state index contributed by atoms with van der Waals surface area (Å²) in [5, 5.41) is 15.2. The second-order valence-corrected chi connectivity index (χ2v) is 7.54. The van der Waals surface area contributed by atoms with E-state index in [1.165, 1.54) is 6.08 Å². The van der Waals surface area contributed by atoms with Crippen molar-refractivity contribution < 1.29 is 14.4 Å². The predicted octanol–water partition coefficient (Wildman–Crippen LogP) is 2.11.